The van der Waals surface area contributed by atoms with Crippen LogP contribution in [-0.2, 0) is 17.6 Å². The van der Waals surface area contributed by atoms with E-state index in [1.807, 2.05) is 6.07 Å². The van der Waals surface area contributed by atoms with Crippen molar-refractivity contribution in [2.24, 2.45) is 0 Å². The standard InChI is InChI=1S/C30H32O3/c1-4-22-18-25(26-10-12-30(33-16-14-31)28(20-26)13-15-32-3)9-11-29(22)27-8-7-23-17-21(2)5-6-24(23)19-27/h5-12,17-20,31H,4,13-16H2,1-3H3. The number of hydrogen-bond donors (Lipinski definition) is 1. The molecular formula is C30H32O3. The molecule has 0 atom stereocenters. The second-order valence-electron chi connectivity index (χ2n) is 8.43. The van der Waals surface area contributed by atoms with Crippen LogP contribution in [0.15, 0.2) is 72.8 Å². The van der Waals surface area contributed by atoms with E-state index in [1.54, 1.807) is 7.11 Å². The second kappa shape index (κ2) is 10.7. The number of benzene rings is 4. The van der Waals surface area contributed by atoms with Crippen molar-refractivity contribution in [3.63, 3.8) is 0 Å². The van der Waals surface area contributed by atoms with Gasteiger partial charge in [-0.2, -0.15) is 0 Å². The minimum atomic E-state index is 0.00116. The molecule has 0 saturated heterocycles. The predicted octanol–water partition coefficient (Wildman–Crippen LogP) is 6.60. The van der Waals surface area contributed by atoms with Crippen molar-refractivity contribution in [3.05, 3.63) is 89.5 Å². The lowest BCUT2D eigenvalue weighted by molar-refractivity contribution is 0.192. The van der Waals surface area contributed by atoms with Gasteiger partial charge in [0.1, 0.15) is 12.4 Å². The van der Waals surface area contributed by atoms with Crippen LogP contribution in [0.5, 0.6) is 5.75 Å². The molecule has 0 bridgehead atoms. The summed E-state index contributed by atoms with van der Waals surface area (Å²) < 4.78 is 11.0. The summed E-state index contributed by atoms with van der Waals surface area (Å²) in [6, 6.07) is 26.4. The molecular weight excluding hydrogens is 408 g/mol. The molecule has 4 rings (SSSR count). The van der Waals surface area contributed by atoms with E-state index in [1.165, 1.54) is 38.6 Å². The second-order valence-corrected chi connectivity index (χ2v) is 8.43. The van der Waals surface area contributed by atoms with Gasteiger partial charge in [0.15, 0.2) is 0 Å². The summed E-state index contributed by atoms with van der Waals surface area (Å²) in [7, 11) is 1.71. The number of aliphatic hydroxyl groups is 1. The predicted molar refractivity (Wildman–Crippen MR) is 137 cm³/mol. The van der Waals surface area contributed by atoms with Gasteiger partial charge >= 0.3 is 0 Å². The molecule has 3 heteroatoms. The highest BCUT2D eigenvalue weighted by Gasteiger charge is 2.11. The highest BCUT2D eigenvalue weighted by molar-refractivity contribution is 5.88. The largest absolute Gasteiger partial charge is 0.491 e. The third-order valence-electron chi connectivity index (χ3n) is 6.11. The number of ether oxygens (including phenoxy) is 2. The smallest absolute Gasteiger partial charge is 0.122 e. The lowest BCUT2D eigenvalue weighted by Crippen LogP contribution is -2.05. The molecule has 0 aromatic heterocycles. The van der Waals surface area contributed by atoms with Gasteiger partial charge in [-0.3, -0.25) is 0 Å². The van der Waals surface area contributed by atoms with E-state index in [9.17, 15) is 0 Å². The Kier molecular flexibility index (Phi) is 7.43. The number of fused-ring (bicyclic) bond motifs is 1. The highest BCUT2D eigenvalue weighted by Crippen LogP contribution is 2.33. The number of rotatable bonds is 9. The third-order valence-corrected chi connectivity index (χ3v) is 6.11. The van der Waals surface area contributed by atoms with Crippen LogP contribution in [-0.4, -0.2) is 32.0 Å². The fourth-order valence-electron chi connectivity index (χ4n) is 4.34. The average molecular weight is 441 g/mol. The molecule has 4 aromatic rings. The van der Waals surface area contributed by atoms with Gasteiger partial charge in [0.2, 0.25) is 0 Å². The molecule has 3 nitrogen and oxygen atoms in total. The first kappa shape index (κ1) is 23.0. The van der Waals surface area contributed by atoms with Gasteiger partial charge < -0.3 is 14.6 Å². The minimum absolute atomic E-state index is 0.00116. The summed E-state index contributed by atoms with van der Waals surface area (Å²) in [5.41, 5.74) is 8.60. The maximum absolute atomic E-state index is 9.13. The van der Waals surface area contributed by atoms with Crippen molar-refractivity contribution in [1.29, 1.82) is 0 Å². The first-order valence-corrected chi connectivity index (χ1v) is 11.6. The molecule has 170 valence electrons. The molecule has 0 heterocycles. The Morgan fingerprint density at radius 3 is 2.18 bits per heavy atom. The van der Waals surface area contributed by atoms with Crippen molar-refractivity contribution in [2.75, 3.05) is 26.9 Å². The summed E-state index contributed by atoms with van der Waals surface area (Å²) in [6.45, 7) is 5.26. The highest BCUT2D eigenvalue weighted by atomic mass is 16.5. The van der Waals surface area contributed by atoms with Gasteiger partial charge in [0.05, 0.1) is 13.2 Å². The first-order valence-electron chi connectivity index (χ1n) is 11.6. The van der Waals surface area contributed by atoms with E-state index < -0.39 is 0 Å². The molecule has 0 aliphatic carbocycles. The monoisotopic (exact) mass is 440 g/mol. The summed E-state index contributed by atoms with van der Waals surface area (Å²) >= 11 is 0. The van der Waals surface area contributed by atoms with Crippen molar-refractivity contribution in [3.8, 4) is 28.0 Å². The summed E-state index contributed by atoms with van der Waals surface area (Å²) in [4.78, 5) is 0. The average Bonchev–Trinajstić information content (AvgIpc) is 2.85. The fraction of sp³-hybridized carbons (Fsp3) is 0.267. The molecule has 33 heavy (non-hydrogen) atoms. The van der Waals surface area contributed by atoms with E-state index in [0.29, 0.717) is 13.2 Å². The van der Waals surface area contributed by atoms with Crippen molar-refractivity contribution in [2.45, 2.75) is 26.7 Å². The van der Waals surface area contributed by atoms with Crippen LogP contribution in [0.1, 0.15) is 23.6 Å². The van der Waals surface area contributed by atoms with E-state index in [-0.39, 0.29) is 6.61 Å². The van der Waals surface area contributed by atoms with Crippen LogP contribution in [0.25, 0.3) is 33.0 Å². The van der Waals surface area contributed by atoms with Crippen molar-refractivity contribution < 1.29 is 14.6 Å². The Labute approximate surface area is 196 Å². The van der Waals surface area contributed by atoms with Gasteiger partial charge in [-0.15, -0.1) is 0 Å². The fourth-order valence-corrected chi connectivity index (χ4v) is 4.34. The van der Waals surface area contributed by atoms with Gasteiger partial charge in [-0.1, -0.05) is 67.1 Å². The summed E-state index contributed by atoms with van der Waals surface area (Å²) in [5, 5.41) is 11.7. The van der Waals surface area contributed by atoms with Gasteiger partial charge in [0, 0.05) is 7.11 Å². The molecule has 0 unspecified atom stereocenters. The van der Waals surface area contributed by atoms with E-state index in [4.69, 9.17) is 14.6 Å². The van der Waals surface area contributed by atoms with Crippen molar-refractivity contribution >= 4 is 10.8 Å². The van der Waals surface area contributed by atoms with E-state index in [0.717, 1.165) is 29.7 Å². The Morgan fingerprint density at radius 1 is 0.727 bits per heavy atom. The molecule has 1 N–H and O–H groups in total. The van der Waals surface area contributed by atoms with E-state index in [2.05, 4.69) is 80.6 Å². The van der Waals surface area contributed by atoms with Crippen LogP contribution in [0.2, 0.25) is 0 Å². The molecule has 0 aliphatic rings. The Bertz CT molecular complexity index is 1240. The lowest BCUT2D eigenvalue weighted by Gasteiger charge is -2.15. The molecule has 0 aliphatic heterocycles. The SMILES string of the molecule is CCc1cc(-c2ccc(OCCO)c(CCOC)c2)ccc1-c1ccc2cc(C)ccc2c1. The summed E-state index contributed by atoms with van der Waals surface area (Å²) in [6.07, 6.45) is 1.73. The minimum Gasteiger partial charge on any atom is -0.491 e. The molecule has 0 radical (unpaired) electrons. The van der Waals surface area contributed by atoms with Gasteiger partial charge in [-0.25, -0.2) is 0 Å². The zero-order chi connectivity index (χ0) is 23.2. The molecule has 0 amide bonds. The van der Waals surface area contributed by atoms with Crippen LogP contribution in [0.3, 0.4) is 0 Å². The van der Waals surface area contributed by atoms with Crippen LogP contribution in [0, 0.1) is 6.92 Å². The Morgan fingerprint density at radius 2 is 1.42 bits per heavy atom. The number of aliphatic hydroxyl groups excluding tert-OH is 1. The molecule has 4 aromatic carbocycles. The Balaban J connectivity index is 1.70. The zero-order valence-corrected chi connectivity index (χ0v) is 19.7. The molecule has 0 saturated carbocycles. The third kappa shape index (κ3) is 5.27. The topological polar surface area (TPSA) is 38.7 Å². The van der Waals surface area contributed by atoms with Crippen LogP contribution < -0.4 is 4.74 Å². The van der Waals surface area contributed by atoms with Gasteiger partial charge in [-0.05, 0) is 82.1 Å². The Hall–Kier alpha value is -3.14. The normalized spacial score (nSPS) is 11.2. The molecule has 0 spiro atoms. The number of aryl methyl sites for hydroxylation is 2. The van der Waals surface area contributed by atoms with E-state index >= 15 is 0 Å². The van der Waals surface area contributed by atoms with Crippen LogP contribution >= 0.6 is 0 Å². The van der Waals surface area contributed by atoms with Crippen LogP contribution in [0.4, 0.5) is 0 Å². The quantitative estimate of drug-likeness (QED) is 0.318. The van der Waals surface area contributed by atoms with Crippen molar-refractivity contribution in [1.82, 2.24) is 0 Å². The maximum atomic E-state index is 9.13. The number of hydrogen-bond acceptors (Lipinski definition) is 3. The lowest BCUT2D eigenvalue weighted by atomic mass is 9.92. The maximum Gasteiger partial charge on any atom is 0.122 e. The zero-order valence-electron chi connectivity index (χ0n) is 19.7. The summed E-state index contributed by atoms with van der Waals surface area (Å²) in [5.74, 6) is 0.809. The number of methoxy groups -OCH3 is 1. The first-order chi connectivity index (χ1) is 16.1. The molecule has 0 fully saturated rings. The van der Waals surface area contributed by atoms with Gasteiger partial charge in [0.25, 0.3) is 0 Å².